The number of hydrogen-bond acceptors (Lipinski definition) is 3. The zero-order valence-corrected chi connectivity index (χ0v) is 14.4. The van der Waals surface area contributed by atoms with Gasteiger partial charge in [0, 0.05) is 17.2 Å². The van der Waals surface area contributed by atoms with Crippen molar-refractivity contribution in [3.8, 4) is 0 Å². The van der Waals surface area contributed by atoms with Crippen LogP contribution < -0.4 is 5.32 Å². The van der Waals surface area contributed by atoms with Gasteiger partial charge in [-0.15, -0.1) is 0 Å². The van der Waals surface area contributed by atoms with Crippen molar-refractivity contribution in [1.82, 2.24) is 5.32 Å². The third-order valence-corrected chi connectivity index (χ3v) is 4.39. The molecule has 2 aromatic rings. The summed E-state index contributed by atoms with van der Waals surface area (Å²) in [6.45, 7) is 7.69. The van der Waals surface area contributed by atoms with Crippen LogP contribution in [0.4, 0.5) is 5.69 Å². The van der Waals surface area contributed by atoms with Crippen molar-refractivity contribution in [3.63, 3.8) is 0 Å². The van der Waals surface area contributed by atoms with Crippen LogP contribution in [0.15, 0.2) is 36.4 Å². The molecule has 1 N–H and O–H groups in total. The lowest BCUT2D eigenvalue weighted by Crippen LogP contribution is -2.29. The van der Waals surface area contributed by atoms with E-state index in [4.69, 9.17) is 0 Å². The Hall–Kier alpha value is -2.69. The Balaban J connectivity index is 2.28. The number of aryl methyl sites for hydroxylation is 2. The lowest BCUT2D eigenvalue weighted by molar-refractivity contribution is -0.385. The first-order valence-corrected chi connectivity index (χ1v) is 7.97. The summed E-state index contributed by atoms with van der Waals surface area (Å²) < 4.78 is 0. The van der Waals surface area contributed by atoms with Crippen molar-refractivity contribution in [2.24, 2.45) is 0 Å². The number of rotatable bonds is 5. The van der Waals surface area contributed by atoms with Crippen molar-refractivity contribution < 1.29 is 9.72 Å². The standard InChI is InChI=1S/C19H22N2O3/c1-5-17(15-10-9-12(2)13(3)11-15)20-19(22)16-7-6-8-18(14(16)4)21(23)24/h6-11,17H,5H2,1-4H3,(H,20,22)/t17-/m0/s1. The van der Waals surface area contributed by atoms with E-state index in [1.165, 1.54) is 23.3 Å². The number of carbonyl (C=O) groups excluding carboxylic acids is 1. The molecule has 1 amide bonds. The van der Waals surface area contributed by atoms with Gasteiger partial charge in [0.25, 0.3) is 11.6 Å². The fourth-order valence-corrected chi connectivity index (χ4v) is 2.71. The Labute approximate surface area is 141 Å². The number of benzene rings is 2. The van der Waals surface area contributed by atoms with E-state index in [-0.39, 0.29) is 17.6 Å². The molecule has 0 aliphatic heterocycles. The fourth-order valence-electron chi connectivity index (χ4n) is 2.71. The maximum absolute atomic E-state index is 12.6. The van der Waals surface area contributed by atoms with Crippen molar-refractivity contribution in [2.75, 3.05) is 0 Å². The lowest BCUT2D eigenvalue weighted by Gasteiger charge is -2.19. The highest BCUT2D eigenvalue weighted by Gasteiger charge is 2.20. The van der Waals surface area contributed by atoms with Gasteiger partial charge in [-0.3, -0.25) is 14.9 Å². The van der Waals surface area contributed by atoms with E-state index in [1.54, 1.807) is 13.0 Å². The zero-order chi connectivity index (χ0) is 17.9. The predicted octanol–water partition coefficient (Wildman–Crippen LogP) is 4.40. The first-order valence-electron chi connectivity index (χ1n) is 7.97. The van der Waals surface area contributed by atoms with Gasteiger partial charge in [-0.05, 0) is 49.9 Å². The molecule has 0 spiro atoms. The molecule has 0 radical (unpaired) electrons. The van der Waals surface area contributed by atoms with E-state index in [0.717, 1.165) is 12.0 Å². The summed E-state index contributed by atoms with van der Waals surface area (Å²) in [5, 5.41) is 14.0. The molecule has 0 bridgehead atoms. The molecular weight excluding hydrogens is 304 g/mol. The number of nitro benzene ring substituents is 1. The summed E-state index contributed by atoms with van der Waals surface area (Å²) in [6.07, 6.45) is 0.738. The monoisotopic (exact) mass is 326 g/mol. The number of nitro groups is 1. The van der Waals surface area contributed by atoms with Crippen LogP contribution >= 0.6 is 0 Å². The van der Waals surface area contributed by atoms with Crippen LogP contribution in [0, 0.1) is 30.9 Å². The summed E-state index contributed by atoms with van der Waals surface area (Å²) in [4.78, 5) is 23.2. The Kier molecular flexibility index (Phi) is 5.34. The van der Waals surface area contributed by atoms with Gasteiger partial charge in [-0.2, -0.15) is 0 Å². The van der Waals surface area contributed by atoms with E-state index < -0.39 is 4.92 Å². The van der Waals surface area contributed by atoms with Crippen LogP contribution in [0.25, 0.3) is 0 Å². The molecule has 0 saturated heterocycles. The zero-order valence-electron chi connectivity index (χ0n) is 14.4. The fraction of sp³-hybridized carbons (Fsp3) is 0.316. The maximum Gasteiger partial charge on any atom is 0.273 e. The molecule has 0 heterocycles. The second-order valence-electron chi connectivity index (χ2n) is 5.98. The van der Waals surface area contributed by atoms with Crippen LogP contribution in [0.1, 0.15) is 52.0 Å². The van der Waals surface area contributed by atoms with E-state index in [9.17, 15) is 14.9 Å². The van der Waals surface area contributed by atoms with Crippen molar-refractivity contribution >= 4 is 11.6 Å². The first-order chi connectivity index (χ1) is 11.3. The number of nitrogens with zero attached hydrogens (tertiary/aromatic N) is 1. The molecule has 2 rings (SSSR count). The number of amides is 1. The smallest absolute Gasteiger partial charge is 0.273 e. The third-order valence-electron chi connectivity index (χ3n) is 4.39. The Morgan fingerprint density at radius 1 is 1.17 bits per heavy atom. The average Bonchev–Trinajstić information content (AvgIpc) is 2.55. The minimum atomic E-state index is -0.466. The third kappa shape index (κ3) is 3.62. The van der Waals surface area contributed by atoms with E-state index >= 15 is 0 Å². The quantitative estimate of drug-likeness (QED) is 0.654. The minimum Gasteiger partial charge on any atom is -0.345 e. The van der Waals surface area contributed by atoms with Gasteiger partial charge in [0.15, 0.2) is 0 Å². The summed E-state index contributed by atoms with van der Waals surface area (Å²) in [5.74, 6) is -0.290. The molecule has 0 saturated carbocycles. The van der Waals surface area contributed by atoms with E-state index in [1.807, 2.05) is 32.9 Å². The van der Waals surface area contributed by atoms with Gasteiger partial charge in [0.05, 0.1) is 11.0 Å². The Morgan fingerprint density at radius 3 is 2.46 bits per heavy atom. The van der Waals surface area contributed by atoms with Gasteiger partial charge in [0.1, 0.15) is 0 Å². The molecular formula is C19H22N2O3. The molecule has 0 fully saturated rings. The summed E-state index contributed by atoms with van der Waals surface area (Å²) in [6, 6.07) is 10.6. The molecule has 126 valence electrons. The molecule has 1 atom stereocenters. The lowest BCUT2D eigenvalue weighted by atomic mass is 9.98. The molecule has 5 heteroatoms. The van der Waals surface area contributed by atoms with E-state index in [0.29, 0.717) is 11.1 Å². The maximum atomic E-state index is 12.6. The number of carbonyl (C=O) groups is 1. The normalized spacial score (nSPS) is 11.8. The highest BCUT2D eigenvalue weighted by molar-refractivity contribution is 5.96. The van der Waals surface area contributed by atoms with Crippen LogP contribution in [0.2, 0.25) is 0 Å². The summed E-state index contributed by atoms with van der Waals surface area (Å²) >= 11 is 0. The molecule has 0 aliphatic rings. The van der Waals surface area contributed by atoms with Crippen LogP contribution in [0.3, 0.4) is 0 Å². The molecule has 2 aromatic carbocycles. The SMILES string of the molecule is CC[C@H](NC(=O)c1cccc([N+](=O)[O-])c1C)c1ccc(C)c(C)c1. The number of hydrogen-bond donors (Lipinski definition) is 1. The van der Waals surface area contributed by atoms with Crippen molar-refractivity contribution in [1.29, 1.82) is 0 Å². The van der Waals surface area contributed by atoms with Crippen LogP contribution in [-0.4, -0.2) is 10.8 Å². The minimum absolute atomic E-state index is 0.0399. The Bertz CT molecular complexity index is 784. The van der Waals surface area contributed by atoms with Gasteiger partial charge < -0.3 is 5.32 Å². The number of nitrogens with one attached hydrogen (secondary N) is 1. The topological polar surface area (TPSA) is 72.2 Å². The molecule has 0 aromatic heterocycles. The van der Waals surface area contributed by atoms with Gasteiger partial charge in [-0.1, -0.05) is 31.2 Å². The Morgan fingerprint density at radius 2 is 1.88 bits per heavy atom. The van der Waals surface area contributed by atoms with Crippen LogP contribution in [-0.2, 0) is 0 Å². The molecule has 24 heavy (non-hydrogen) atoms. The summed E-state index contributed by atoms with van der Waals surface area (Å²) in [7, 11) is 0. The predicted molar refractivity (Wildman–Crippen MR) is 94.2 cm³/mol. The highest BCUT2D eigenvalue weighted by Crippen LogP contribution is 2.24. The average molecular weight is 326 g/mol. The van der Waals surface area contributed by atoms with Gasteiger partial charge in [0.2, 0.25) is 0 Å². The van der Waals surface area contributed by atoms with Gasteiger partial charge in [-0.25, -0.2) is 0 Å². The molecule has 0 aliphatic carbocycles. The van der Waals surface area contributed by atoms with E-state index in [2.05, 4.69) is 11.4 Å². The second-order valence-corrected chi connectivity index (χ2v) is 5.98. The molecule has 0 unspecified atom stereocenters. The highest BCUT2D eigenvalue weighted by atomic mass is 16.6. The summed E-state index contributed by atoms with van der Waals surface area (Å²) in [5.41, 5.74) is 4.10. The van der Waals surface area contributed by atoms with Crippen LogP contribution in [0.5, 0.6) is 0 Å². The first kappa shape index (κ1) is 17.7. The second kappa shape index (κ2) is 7.25. The largest absolute Gasteiger partial charge is 0.345 e. The van der Waals surface area contributed by atoms with Crippen molar-refractivity contribution in [2.45, 2.75) is 40.2 Å². The van der Waals surface area contributed by atoms with Gasteiger partial charge >= 0.3 is 0 Å². The molecule has 5 nitrogen and oxygen atoms in total. The van der Waals surface area contributed by atoms with Crippen molar-refractivity contribution in [3.05, 3.63) is 74.3 Å².